The third kappa shape index (κ3) is 20.1. The van der Waals surface area contributed by atoms with E-state index in [-0.39, 0.29) is 47.6 Å². The predicted octanol–water partition coefficient (Wildman–Crippen LogP) is 0.405. The van der Waals surface area contributed by atoms with Crippen molar-refractivity contribution in [3.05, 3.63) is 107 Å². The van der Waals surface area contributed by atoms with Gasteiger partial charge in [-0.05, 0) is 104 Å². The summed E-state index contributed by atoms with van der Waals surface area (Å²) in [6.07, 6.45) is 21.2. The first-order chi connectivity index (χ1) is 40.7. The highest BCUT2D eigenvalue weighted by atomic mass is 31.2. The summed E-state index contributed by atoms with van der Waals surface area (Å²) in [4.78, 5) is 62.7. The Kier molecular flexibility index (Phi) is 26.1. The lowest BCUT2D eigenvalue weighted by molar-refractivity contribution is -0.120. The van der Waals surface area contributed by atoms with Gasteiger partial charge in [-0.15, -0.1) is 52.7 Å². The highest BCUT2D eigenvalue weighted by Gasteiger charge is 2.49. The van der Waals surface area contributed by atoms with Gasteiger partial charge in [0.15, 0.2) is 18.7 Å². The van der Waals surface area contributed by atoms with Crippen molar-refractivity contribution < 1.29 is 73.8 Å². The van der Waals surface area contributed by atoms with Crippen LogP contribution < -0.4 is 27.2 Å². The number of rotatable bonds is 18. The second-order valence-electron chi connectivity index (χ2n) is 25.9. The van der Waals surface area contributed by atoms with E-state index in [0.717, 1.165) is 46.6 Å². The summed E-state index contributed by atoms with van der Waals surface area (Å²) in [6, 6.07) is 1.22. The number of aliphatic hydroxyl groups excluding tert-OH is 7. The quantitative estimate of drug-likeness (QED) is 0.0890. The van der Waals surface area contributed by atoms with Gasteiger partial charge in [0.2, 0.25) is 0 Å². The van der Waals surface area contributed by atoms with Crippen molar-refractivity contribution in [2.45, 2.75) is 125 Å². The molecule has 8 rings (SSSR count). The Labute approximate surface area is 517 Å². The average Bonchev–Trinajstić information content (AvgIpc) is 3.47. The molecule has 16 atom stereocenters. The van der Waals surface area contributed by atoms with E-state index < -0.39 is 125 Å². The number of aromatic nitrogens is 2. The number of nitrogens with zero attached hydrogens (tertiary/aromatic N) is 5. The molecule has 29 heteroatoms. The van der Waals surface area contributed by atoms with Crippen LogP contribution in [0.3, 0.4) is 0 Å². The molecule has 10 N–H and O–H groups in total. The Morgan fingerprint density at radius 3 is 1.36 bits per heavy atom. The molecule has 1 aromatic rings. The zero-order valence-electron chi connectivity index (χ0n) is 52.8. The number of hydrogen-bond acceptors (Lipinski definition) is 20. The lowest BCUT2D eigenvalue weighted by Crippen LogP contribution is -2.48. The number of carbonyl (C=O) groups excluding carboxylic acids is 3. The number of methoxy groups -OCH3 is 1. The molecule has 0 saturated carbocycles. The van der Waals surface area contributed by atoms with Crippen molar-refractivity contribution in [1.29, 1.82) is 0 Å². The molecule has 7 aliphatic heterocycles. The molecule has 3 amide bonds. The summed E-state index contributed by atoms with van der Waals surface area (Å²) in [5, 5.41) is 78.6. The molecule has 4 fully saturated rings. The lowest BCUT2D eigenvalue weighted by Gasteiger charge is -2.34. The minimum atomic E-state index is -1.27. The Hall–Kier alpha value is -4.35. The third-order valence-corrected chi connectivity index (χ3v) is 21.5. The van der Waals surface area contributed by atoms with Crippen LogP contribution in [0, 0.1) is 5.92 Å². The fourth-order valence-corrected chi connectivity index (χ4v) is 14.2. The number of carbonyl (C=O) groups is 3. The van der Waals surface area contributed by atoms with Gasteiger partial charge in [-0.25, -0.2) is 4.79 Å². The highest BCUT2D eigenvalue weighted by Crippen LogP contribution is 2.43. The molecule has 0 radical (unpaired) electrons. The monoisotopic (exact) mass is 1310 g/mol. The largest absolute Gasteiger partial charge is 0.391 e. The summed E-state index contributed by atoms with van der Waals surface area (Å²) in [5.41, 5.74) is -0.889. The van der Waals surface area contributed by atoms with Crippen molar-refractivity contribution >= 4 is 70.5 Å². The van der Waals surface area contributed by atoms with Crippen molar-refractivity contribution in [2.75, 3.05) is 91.7 Å². The molecule has 0 unspecified atom stereocenters. The second-order valence-corrected chi connectivity index (χ2v) is 43.2. The fraction of sp³-hybridized carbons (Fsp3) is 0.610. The van der Waals surface area contributed by atoms with Crippen LogP contribution in [-0.4, -0.2) is 280 Å². The summed E-state index contributed by atoms with van der Waals surface area (Å²) in [5.74, 6) is 0.208. The van der Waals surface area contributed by atoms with E-state index >= 15 is 0 Å². The van der Waals surface area contributed by atoms with Gasteiger partial charge in [0, 0.05) is 63.1 Å². The van der Waals surface area contributed by atoms with Crippen LogP contribution in [0.1, 0.15) is 38.8 Å². The van der Waals surface area contributed by atoms with Gasteiger partial charge in [-0.3, -0.25) is 28.3 Å². The molecule has 88 heavy (non-hydrogen) atoms. The molecule has 4 saturated heterocycles. The smallest absolute Gasteiger partial charge is 0.332 e. The summed E-state index contributed by atoms with van der Waals surface area (Å²) in [7, 11) is 2.89. The first kappa shape index (κ1) is 74.4. The first-order valence-corrected chi connectivity index (χ1v) is 41.1. The summed E-state index contributed by atoms with van der Waals surface area (Å²) < 4.78 is 31.0. The van der Waals surface area contributed by atoms with Crippen molar-refractivity contribution in [1.82, 2.24) is 39.8 Å². The topological polar surface area (TPSA) is 329 Å². The number of amides is 3. The molecule has 25 nitrogen and oxygen atoms in total. The first-order valence-electron chi connectivity index (χ1n) is 28.9. The van der Waals surface area contributed by atoms with Gasteiger partial charge in [-0.2, -0.15) is 0 Å². The normalized spacial score (nSPS) is 31.7. The number of nitrogens with one attached hydrogen (secondary N) is 3. The predicted molar refractivity (Wildman–Crippen MR) is 354 cm³/mol. The van der Waals surface area contributed by atoms with Gasteiger partial charge in [-0.1, -0.05) is 26.7 Å². The van der Waals surface area contributed by atoms with Gasteiger partial charge in [0.05, 0.1) is 42.7 Å². The zero-order valence-corrected chi connectivity index (χ0v) is 56.4. The van der Waals surface area contributed by atoms with Crippen molar-refractivity contribution in [2.24, 2.45) is 13.0 Å². The number of ether oxygens (including phenoxy) is 5. The van der Waals surface area contributed by atoms with Crippen LogP contribution >= 0.6 is 27.5 Å². The molecule has 0 aliphatic carbocycles. The van der Waals surface area contributed by atoms with Gasteiger partial charge < -0.3 is 90.1 Å². The van der Waals surface area contributed by atoms with Gasteiger partial charge >= 0.3 is 5.69 Å². The number of aliphatic hydroxyl groups is 7. The van der Waals surface area contributed by atoms with Gasteiger partial charge in [0.25, 0.3) is 23.3 Å². The maximum absolute atomic E-state index is 12.1. The molecule has 8 heterocycles. The fourth-order valence-electron chi connectivity index (χ4n) is 10.3. The van der Waals surface area contributed by atoms with Crippen LogP contribution in [0.4, 0.5) is 0 Å². The van der Waals surface area contributed by atoms with Crippen LogP contribution in [-0.2, 0) is 45.1 Å². The van der Waals surface area contributed by atoms with E-state index in [1.54, 1.807) is 29.3 Å². The summed E-state index contributed by atoms with van der Waals surface area (Å²) in [6.45, 7) is 25.1. The zero-order chi connectivity index (χ0) is 66.3. The van der Waals surface area contributed by atoms with E-state index in [4.69, 9.17) is 23.7 Å². The van der Waals surface area contributed by atoms with E-state index in [1.165, 1.54) is 42.6 Å². The average molecular weight is 1320 g/mol. The Morgan fingerprint density at radius 2 is 0.932 bits per heavy atom. The molecule has 0 bridgehead atoms. The molecule has 0 aromatic carbocycles. The molecule has 1 aromatic heterocycles. The van der Waals surface area contributed by atoms with E-state index in [0.29, 0.717) is 24.5 Å². The lowest BCUT2D eigenvalue weighted by atomic mass is 10.00. The Balaban J connectivity index is 0.000000214. The third-order valence-electron chi connectivity index (χ3n) is 15.6. The van der Waals surface area contributed by atoms with E-state index in [1.807, 2.05) is 6.92 Å². The van der Waals surface area contributed by atoms with Crippen molar-refractivity contribution in [3.63, 3.8) is 0 Å². The molecular weight excluding hydrogens is 1220 g/mol. The minimum absolute atomic E-state index is 0.0577. The maximum atomic E-state index is 12.1. The molecular formula is C59H98N8O17P4. The Bertz CT molecular complexity index is 3120. The van der Waals surface area contributed by atoms with Crippen molar-refractivity contribution in [3.8, 4) is 0 Å². The van der Waals surface area contributed by atoms with Crippen LogP contribution in [0.15, 0.2) is 95.4 Å². The standard InChI is InChI=1S/C15H25N2O5P.C15H25N2O4P.C15H25N2O3P.C14H23N2O5P/c1-9-16-14(21)10(8-18)7-17(9)15-13(20)12(19)11(22-15)5-6-23(2,3)4;1-10-16-12(18)6-8-17(10)15-14(20-2)13(19)11(21-15)7-9-22(3,4)5;1-10-14(19)12(7-9-21(3,4)5)20-15(10)17-8-6-13(18)16-11(17)2;1-15-10(17)5-7-16(14(15)20)13-12(19)11(18)9(21-13)6-8-22(2,3)4/h7,11-13,15,18-20H,1-2,5-6,8H2,3-4H3,(H,16,21);6,8,11,13-15,19H,1,3,7,9H2,2,4-5H3,(H,16,18);6,8,10,12,14-15,19H,2-3,7,9H2,1,4-5H3,(H,16,18);5,7,9,11-13,18-19H,2,6,8H2,1,3-4H3/t11-,12-,13-,15-;11-,13-,14-,15-;10-,12-,14+,15-;9-,11-,12-,13-/m1111/s1. The highest BCUT2D eigenvalue weighted by molar-refractivity contribution is 7.73. The van der Waals surface area contributed by atoms with Crippen LogP contribution in [0.2, 0.25) is 0 Å². The van der Waals surface area contributed by atoms with Crippen LogP contribution in [0.25, 0.3) is 0 Å². The maximum Gasteiger partial charge on any atom is 0.332 e. The van der Waals surface area contributed by atoms with Gasteiger partial charge in [0.1, 0.15) is 60.3 Å². The SMILES string of the molecule is C=C1NC(=O)C(CO)=CN1[C@@H]1O[C@H](CCP(=C)(C)C)[C@@H](O)[C@H]1O.C=C1NC(=O)C=CN1[C@@H]1O[C@H](CCP(=C)(C)C)[C@@H](O)[C@H]1C.C=C1NC(=O)C=CN1[C@@H]1O[C@H](CCP(=C)(C)C)[C@@H](O)[C@H]1OC.C=P(C)(C)CC[C@H]1O[C@@H](n2ccc(=O)n(C)c2=O)[C@H](O)[C@@H]1O. The van der Waals surface area contributed by atoms with E-state index in [2.05, 4.69) is 114 Å². The molecule has 0 spiro atoms. The molecule has 7 aliphatic rings. The Morgan fingerprint density at radius 1 is 0.545 bits per heavy atom. The minimum Gasteiger partial charge on any atom is -0.391 e. The summed E-state index contributed by atoms with van der Waals surface area (Å²) >= 11 is 0. The molecule has 496 valence electrons. The van der Waals surface area contributed by atoms with E-state index in [9.17, 15) is 59.7 Å². The van der Waals surface area contributed by atoms with Crippen LogP contribution in [0.5, 0.6) is 0 Å². The second kappa shape index (κ2) is 30.8. The number of hydrogen-bond donors (Lipinski definition) is 10.